The second-order valence-electron chi connectivity index (χ2n) is 9.56. The Hall–Kier alpha value is -1.55. The van der Waals surface area contributed by atoms with Crippen LogP contribution in [0.4, 0.5) is 0 Å². The van der Waals surface area contributed by atoms with E-state index in [1.54, 1.807) is 0 Å². The van der Waals surface area contributed by atoms with Crippen molar-refractivity contribution in [3.05, 3.63) is 29.3 Å². The predicted molar refractivity (Wildman–Crippen MR) is 103 cm³/mol. The number of carbonyl (C=O) groups excluding carboxylic acids is 1. The van der Waals surface area contributed by atoms with Crippen molar-refractivity contribution >= 4 is 5.97 Å². The van der Waals surface area contributed by atoms with Crippen LogP contribution in [0.15, 0.2) is 18.2 Å². The molecule has 27 heavy (non-hydrogen) atoms. The molecule has 0 unspecified atom stereocenters. The van der Waals surface area contributed by atoms with E-state index in [9.17, 15) is 4.79 Å². The van der Waals surface area contributed by atoms with E-state index in [0.29, 0.717) is 17.2 Å². The molecule has 4 aliphatic rings. The summed E-state index contributed by atoms with van der Waals surface area (Å²) in [6.07, 6.45) is 11.6. The summed E-state index contributed by atoms with van der Waals surface area (Å²) in [5.41, 5.74) is 2.84. The second-order valence-corrected chi connectivity index (χ2v) is 9.56. The van der Waals surface area contributed by atoms with Gasteiger partial charge in [0.25, 0.3) is 0 Å². The van der Waals surface area contributed by atoms with E-state index in [4.69, 9.17) is 9.78 Å². The number of fused-ring (bicyclic) bond motifs is 1. The van der Waals surface area contributed by atoms with Gasteiger partial charge in [-0.3, -0.25) is 4.89 Å². The zero-order valence-electron chi connectivity index (χ0n) is 16.4. The van der Waals surface area contributed by atoms with Crippen LogP contribution in [0.2, 0.25) is 0 Å². The summed E-state index contributed by atoms with van der Waals surface area (Å²) >= 11 is 0. The molecule has 0 aromatic heterocycles. The summed E-state index contributed by atoms with van der Waals surface area (Å²) < 4.78 is 0. The molecule has 0 radical (unpaired) electrons. The van der Waals surface area contributed by atoms with Gasteiger partial charge in [0.2, 0.25) is 0 Å². The maximum Gasteiger partial charge on any atom is 0.361 e. The van der Waals surface area contributed by atoms with Crippen molar-refractivity contribution in [2.24, 2.45) is 11.3 Å². The molecule has 1 N–H and O–H groups in total. The van der Waals surface area contributed by atoms with Crippen LogP contribution in [0, 0.1) is 11.3 Å². The topological polar surface area (TPSA) is 47.6 Å². The zero-order valence-corrected chi connectivity index (χ0v) is 16.4. The average molecular weight is 370 g/mol. The molecule has 1 aromatic rings. The highest BCUT2D eigenvalue weighted by molar-refractivity contribution is 5.76. The van der Waals surface area contributed by atoms with Gasteiger partial charge in [0.05, 0.1) is 5.41 Å². The minimum Gasteiger partial charge on any atom is -0.313 e. The number of carbonyl (C=O) groups is 1. The lowest BCUT2D eigenvalue weighted by atomic mass is 9.53. The Labute approximate surface area is 161 Å². The minimum atomic E-state index is -0.371. The van der Waals surface area contributed by atoms with E-state index in [-0.39, 0.29) is 11.4 Å². The van der Waals surface area contributed by atoms with Crippen LogP contribution < -0.4 is 10.2 Å². The second kappa shape index (κ2) is 6.51. The van der Waals surface area contributed by atoms with E-state index < -0.39 is 0 Å². The third-order valence-corrected chi connectivity index (χ3v) is 8.03. The van der Waals surface area contributed by atoms with Crippen LogP contribution in [0.25, 0.3) is 0 Å². The first-order valence-electron chi connectivity index (χ1n) is 10.9. The quantitative estimate of drug-likeness (QED) is 0.632. The summed E-state index contributed by atoms with van der Waals surface area (Å²) in [7, 11) is 0. The number of nitrogens with one attached hydrogen (secondary N) is 1. The molecular weight excluding hydrogens is 338 g/mol. The van der Waals surface area contributed by atoms with Crippen molar-refractivity contribution in [2.75, 3.05) is 6.54 Å². The molecule has 3 aliphatic carbocycles. The Morgan fingerprint density at radius 2 is 1.93 bits per heavy atom. The fourth-order valence-corrected chi connectivity index (χ4v) is 6.50. The Morgan fingerprint density at radius 3 is 2.78 bits per heavy atom. The maximum absolute atomic E-state index is 12.5. The van der Waals surface area contributed by atoms with Gasteiger partial charge in [-0.2, -0.15) is 0 Å². The standard InChI is InChI=1S/C23H31NO3/c1-22(9-4-5-10-22)21(25)27-26-17-8-7-16-14-20-18-6-2-3-11-23(18,12-13-24-20)19(16)15-17/h7-8,15,18,20,24H,2-6,9-14H2,1H3/t18-,20+,23+/m0/s1. The fraction of sp³-hybridized carbons (Fsp3) is 0.696. The van der Waals surface area contributed by atoms with Gasteiger partial charge < -0.3 is 5.32 Å². The van der Waals surface area contributed by atoms with Crippen molar-refractivity contribution in [2.45, 2.75) is 82.6 Å². The molecule has 1 aliphatic heterocycles. The highest BCUT2D eigenvalue weighted by Crippen LogP contribution is 2.54. The molecule has 4 heteroatoms. The first-order chi connectivity index (χ1) is 13.1. The van der Waals surface area contributed by atoms with Crippen LogP contribution in [-0.4, -0.2) is 18.6 Å². The van der Waals surface area contributed by atoms with E-state index >= 15 is 0 Å². The number of hydrogen-bond acceptors (Lipinski definition) is 4. The van der Waals surface area contributed by atoms with E-state index in [1.807, 2.05) is 13.0 Å². The predicted octanol–water partition coefficient (Wildman–Crippen LogP) is 4.45. The highest BCUT2D eigenvalue weighted by Gasteiger charge is 2.51. The van der Waals surface area contributed by atoms with Gasteiger partial charge in [-0.25, -0.2) is 9.68 Å². The first-order valence-corrected chi connectivity index (χ1v) is 10.9. The minimum absolute atomic E-state index is 0.214. The van der Waals surface area contributed by atoms with E-state index in [0.717, 1.165) is 44.6 Å². The number of rotatable bonds is 3. The number of piperidine rings is 1. The molecule has 1 heterocycles. The third kappa shape index (κ3) is 2.79. The molecule has 1 aromatic carbocycles. The number of hydrogen-bond donors (Lipinski definition) is 1. The number of benzene rings is 1. The van der Waals surface area contributed by atoms with Gasteiger partial charge in [-0.1, -0.05) is 31.7 Å². The summed E-state index contributed by atoms with van der Waals surface area (Å²) in [4.78, 5) is 23.3. The average Bonchev–Trinajstić information content (AvgIpc) is 3.14. The van der Waals surface area contributed by atoms with Crippen molar-refractivity contribution in [1.29, 1.82) is 0 Å². The van der Waals surface area contributed by atoms with E-state index in [2.05, 4.69) is 17.4 Å². The Kier molecular flexibility index (Phi) is 4.23. The Morgan fingerprint density at radius 1 is 1.11 bits per heavy atom. The van der Waals surface area contributed by atoms with Crippen LogP contribution in [0.1, 0.15) is 75.8 Å². The fourth-order valence-electron chi connectivity index (χ4n) is 6.50. The van der Waals surface area contributed by atoms with Gasteiger partial charge in [-0.05, 0) is 81.2 Å². The summed E-state index contributed by atoms with van der Waals surface area (Å²) in [5.74, 6) is 1.20. The lowest BCUT2D eigenvalue weighted by molar-refractivity contribution is -0.224. The molecule has 3 fully saturated rings. The molecule has 4 nitrogen and oxygen atoms in total. The third-order valence-electron chi connectivity index (χ3n) is 8.03. The SMILES string of the molecule is CC1(C(=O)OOc2ccc3c(c2)[C@@]24CCCC[C@H]2[C@@H](C3)NCC4)CCCC1. The van der Waals surface area contributed by atoms with Crippen LogP contribution >= 0.6 is 0 Å². The van der Waals surface area contributed by atoms with Gasteiger partial charge >= 0.3 is 5.97 Å². The van der Waals surface area contributed by atoms with Gasteiger partial charge in [0.15, 0.2) is 5.75 Å². The van der Waals surface area contributed by atoms with Gasteiger partial charge in [-0.15, -0.1) is 0 Å². The van der Waals surface area contributed by atoms with Crippen LogP contribution in [0.5, 0.6) is 5.75 Å². The molecule has 2 saturated carbocycles. The summed E-state index contributed by atoms with van der Waals surface area (Å²) in [6, 6.07) is 6.97. The van der Waals surface area contributed by atoms with Crippen LogP contribution in [0.3, 0.4) is 0 Å². The highest BCUT2D eigenvalue weighted by atomic mass is 17.2. The Balaban J connectivity index is 1.39. The molecule has 1 saturated heterocycles. The van der Waals surface area contributed by atoms with Crippen molar-refractivity contribution in [3.63, 3.8) is 0 Å². The molecule has 2 bridgehead atoms. The summed E-state index contributed by atoms with van der Waals surface area (Å²) in [6.45, 7) is 3.11. The molecule has 0 spiro atoms. The normalized spacial score (nSPS) is 33.7. The monoisotopic (exact) mass is 369 g/mol. The largest absolute Gasteiger partial charge is 0.361 e. The van der Waals surface area contributed by atoms with Crippen molar-refractivity contribution < 1.29 is 14.6 Å². The molecule has 0 amide bonds. The van der Waals surface area contributed by atoms with E-state index in [1.165, 1.54) is 43.2 Å². The summed E-state index contributed by atoms with van der Waals surface area (Å²) in [5, 5.41) is 3.77. The maximum atomic E-state index is 12.5. The van der Waals surface area contributed by atoms with Gasteiger partial charge in [0.1, 0.15) is 0 Å². The van der Waals surface area contributed by atoms with Gasteiger partial charge in [0, 0.05) is 11.5 Å². The Bertz CT molecular complexity index is 735. The van der Waals surface area contributed by atoms with Crippen LogP contribution in [-0.2, 0) is 21.5 Å². The smallest absolute Gasteiger partial charge is 0.313 e. The molecule has 146 valence electrons. The molecule has 3 atom stereocenters. The van der Waals surface area contributed by atoms with Crippen molar-refractivity contribution in [1.82, 2.24) is 5.32 Å². The molecule has 5 rings (SSSR count). The van der Waals surface area contributed by atoms with Crippen molar-refractivity contribution in [3.8, 4) is 5.75 Å². The lowest BCUT2D eigenvalue weighted by Gasteiger charge is -2.56. The zero-order chi connectivity index (χ0) is 18.5. The molecular formula is C23H31NO3. The first kappa shape index (κ1) is 17.5. The lowest BCUT2D eigenvalue weighted by Crippen LogP contribution is -2.59.